The van der Waals surface area contributed by atoms with E-state index in [1.54, 1.807) is 6.08 Å². The molecule has 192 valence electrons. The summed E-state index contributed by atoms with van der Waals surface area (Å²) >= 11 is 0. The number of carbonyl (C=O) groups excluding carboxylic acids is 4. The Morgan fingerprint density at radius 1 is 0.972 bits per heavy atom. The van der Waals surface area contributed by atoms with Crippen LogP contribution in [0.5, 0.6) is 0 Å². The van der Waals surface area contributed by atoms with Crippen molar-refractivity contribution < 1.29 is 33.8 Å². The molecule has 7 heteroatoms. The molecule has 0 aromatic rings. The Hall–Kier alpha value is -2.28. The zero-order valence-electron chi connectivity index (χ0n) is 21.1. The molecule has 2 aliphatic heterocycles. The van der Waals surface area contributed by atoms with Gasteiger partial charge in [0.25, 0.3) is 0 Å². The van der Waals surface area contributed by atoms with Gasteiger partial charge in [-0.05, 0) is 68.3 Å². The molecule has 0 aromatic carbocycles. The molecule has 4 saturated carbocycles. The van der Waals surface area contributed by atoms with Crippen LogP contribution in [0.2, 0.25) is 0 Å². The number of allylic oxidation sites excluding steroid dienone is 2. The lowest BCUT2D eigenvalue weighted by atomic mass is 9.49. The fraction of sp³-hybridized carbons (Fsp3) is 0.724. The molecule has 2 bridgehead atoms. The van der Waals surface area contributed by atoms with Crippen LogP contribution in [0.25, 0.3) is 0 Å². The second kappa shape index (κ2) is 6.77. The molecule has 0 aromatic heterocycles. The minimum atomic E-state index is -1.21. The van der Waals surface area contributed by atoms with Gasteiger partial charge in [0.05, 0.1) is 16.9 Å². The average molecular weight is 495 g/mol. The lowest BCUT2D eigenvalue weighted by Gasteiger charge is -2.49. The fourth-order valence-electron chi connectivity index (χ4n) is 10.7. The Kier molecular flexibility index (Phi) is 4.30. The third kappa shape index (κ3) is 2.24. The van der Waals surface area contributed by atoms with Crippen molar-refractivity contribution in [3.8, 4) is 0 Å². The van der Waals surface area contributed by atoms with Gasteiger partial charge in [-0.2, -0.15) is 0 Å². The molecular weight excluding hydrogens is 460 g/mol. The molecule has 7 rings (SSSR count). The molecule has 0 radical (unpaired) electrons. The van der Waals surface area contributed by atoms with Gasteiger partial charge >= 0.3 is 11.9 Å². The van der Waals surface area contributed by atoms with Gasteiger partial charge in [0, 0.05) is 29.2 Å². The normalized spacial score (nSPS) is 56.7. The van der Waals surface area contributed by atoms with E-state index in [-0.39, 0.29) is 53.2 Å². The number of esters is 2. The number of hydrogen-bond donors (Lipinski definition) is 1. The largest absolute Gasteiger partial charge is 0.461 e. The monoisotopic (exact) mass is 494 g/mol. The minimum absolute atomic E-state index is 0.00970. The van der Waals surface area contributed by atoms with Crippen molar-refractivity contribution in [3.63, 3.8) is 0 Å². The van der Waals surface area contributed by atoms with E-state index >= 15 is 0 Å². The second-order valence-electron chi connectivity index (χ2n) is 13.2. The molecule has 1 N–H and O–H groups in total. The van der Waals surface area contributed by atoms with Crippen molar-refractivity contribution in [3.05, 3.63) is 24.3 Å². The molecule has 6 fully saturated rings. The number of carbonyl (C=O) groups is 4. The number of hydrogen-bond acceptors (Lipinski definition) is 7. The first-order chi connectivity index (χ1) is 17.0. The highest BCUT2D eigenvalue weighted by Crippen LogP contribution is 2.77. The van der Waals surface area contributed by atoms with Crippen molar-refractivity contribution in [2.75, 3.05) is 0 Å². The van der Waals surface area contributed by atoms with Crippen LogP contribution in [0.1, 0.15) is 52.9 Å². The van der Waals surface area contributed by atoms with Gasteiger partial charge in [-0.25, -0.2) is 4.79 Å². The highest BCUT2D eigenvalue weighted by Gasteiger charge is 2.83. The highest BCUT2D eigenvalue weighted by atomic mass is 16.6. The van der Waals surface area contributed by atoms with Gasteiger partial charge in [0.15, 0.2) is 5.78 Å². The summed E-state index contributed by atoms with van der Waals surface area (Å²) in [6.45, 7) is 10.00. The van der Waals surface area contributed by atoms with E-state index in [1.807, 2.05) is 13.0 Å². The maximum Gasteiger partial charge on any atom is 0.334 e. The number of ketones is 2. The van der Waals surface area contributed by atoms with Gasteiger partial charge in [-0.1, -0.05) is 26.5 Å². The predicted molar refractivity (Wildman–Crippen MR) is 126 cm³/mol. The maximum atomic E-state index is 14.2. The minimum Gasteiger partial charge on any atom is -0.461 e. The molecule has 0 amide bonds. The Morgan fingerprint density at radius 3 is 2.44 bits per heavy atom. The number of fused-ring (bicyclic) bond motifs is 4. The van der Waals surface area contributed by atoms with Gasteiger partial charge in [-0.3, -0.25) is 14.4 Å². The van der Waals surface area contributed by atoms with Crippen LogP contribution in [-0.2, 0) is 28.7 Å². The van der Waals surface area contributed by atoms with E-state index in [2.05, 4.69) is 20.4 Å². The molecule has 13 atom stereocenters. The van der Waals surface area contributed by atoms with Crippen LogP contribution in [0.3, 0.4) is 0 Å². The molecule has 7 nitrogen and oxygen atoms in total. The van der Waals surface area contributed by atoms with Crippen molar-refractivity contribution in [2.24, 2.45) is 57.7 Å². The molecule has 1 spiro atoms. The summed E-state index contributed by atoms with van der Waals surface area (Å²) in [5, 5.41) is 12.1. The van der Waals surface area contributed by atoms with Crippen LogP contribution >= 0.6 is 0 Å². The van der Waals surface area contributed by atoms with E-state index in [0.29, 0.717) is 37.7 Å². The van der Waals surface area contributed by atoms with Gasteiger partial charge in [0.2, 0.25) is 0 Å². The molecule has 2 heterocycles. The second-order valence-corrected chi connectivity index (χ2v) is 13.2. The molecule has 0 unspecified atom stereocenters. The fourth-order valence-corrected chi connectivity index (χ4v) is 10.7. The van der Waals surface area contributed by atoms with Crippen molar-refractivity contribution in [1.29, 1.82) is 0 Å². The number of aliphatic hydroxyl groups is 1. The number of Topliss-reactive ketones (excluding diaryl/α,β-unsaturated/α-hetero) is 1. The topological polar surface area (TPSA) is 107 Å². The van der Waals surface area contributed by atoms with Crippen LogP contribution in [0.4, 0.5) is 0 Å². The van der Waals surface area contributed by atoms with Crippen molar-refractivity contribution >= 4 is 23.5 Å². The molecule has 2 saturated heterocycles. The Labute approximate surface area is 210 Å². The lowest BCUT2D eigenvalue weighted by molar-refractivity contribution is -0.169. The Balaban J connectivity index is 1.43. The third-order valence-corrected chi connectivity index (χ3v) is 12.0. The lowest BCUT2D eigenvalue weighted by Crippen LogP contribution is -2.59. The summed E-state index contributed by atoms with van der Waals surface area (Å²) in [6, 6.07) is 0. The first kappa shape index (κ1) is 22.9. The number of rotatable bonds is 0. The zero-order chi connectivity index (χ0) is 25.5. The quantitative estimate of drug-likeness (QED) is 0.408. The molecule has 7 aliphatic rings. The van der Waals surface area contributed by atoms with E-state index in [1.165, 1.54) is 0 Å². The number of ether oxygens (including phenoxy) is 2. The molecule has 5 aliphatic carbocycles. The standard InChI is InChI=1S/C29H34O7/c1-12-7-19-23(24(32)27(4)17(12)5-6-20(27)30)29(26(34)36-19)10-15-9-21(31)28(29)11-16-14(3)25(33)35-18(16)8-13(2)22(15)28/h5-6,12-13,15-19,22-24,32H,3,7-11H2,1-2,4H3/t12-,13-,15-,16-,17+,18-,19-,22-,23-,24+,27+,28-,29-/m1/s1. The van der Waals surface area contributed by atoms with Crippen LogP contribution in [0.15, 0.2) is 24.3 Å². The molecular formula is C29H34O7. The number of aliphatic hydroxyl groups excluding tert-OH is 1. The first-order valence-electron chi connectivity index (χ1n) is 13.5. The van der Waals surface area contributed by atoms with Crippen LogP contribution < -0.4 is 0 Å². The Bertz CT molecular complexity index is 1170. The van der Waals surface area contributed by atoms with Crippen molar-refractivity contribution in [1.82, 2.24) is 0 Å². The first-order valence-corrected chi connectivity index (χ1v) is 13.5. The van der Waals surface area contributed by atoms with Crippen LogP contribution in [-0.4, -0.2) is 46.9 Å². The summed E-state index contributed by atoms with van der Waals surface area (Å²) in [5.74, 6) is -1.99. The third-order valence-electron chi connectivity index (χ3n) is 12.0. The smallest absolute Gasteiger partial charge is 0.334 e. The van der Waals surface area contributed by atoms with E-state index in [0.717, 1.165) is 0 Å². The SMILES string of the molecule is C=C1C(=O)O[C@@H]2C[C@@H](C)[C@@H]3[C@@H]4CC(=O)[C@@]3(C[C@H]12)[C@@]1(C4)C(=O)O[C@@H]2C[C@@H](C)[C@@H]3C=CC(=O)[C@@]3(C)[C@@H](O)[C@@H]21. The summed E-state index contributed by atoms with van der Waals surface area (Å²) in [4.78, 5) is 54.0. The summed E-state index contributed by atoms with van der Waals surface area (Å²) in [7, 11) is 0. The zero-order valence-corrected chi connectivity index (χ0v) is 21.1. The predicted octanol–water partition coefficient (Wildman–Crippen LogP) is 2.80. The van der Waals surface area contributed by atoms with Crippen LogP contribution in [0, 0.1) is 57.7 Å². The summed E-state index contributed by atoms with van der Waals surface area (Å²) in [6.07, 6.45) is 3.86. The summed E-state index contributed by atoms with van der Waals surface area (Å²) < 4.78 is 11.8. The van der Waals surface area contributed by atoms with Crippen molar-refractivity contribution in [2.45, 2.75) is 71.2 Å². The maximum absolute atomic E-state index is 14.2. The van der Waals surface area contributed by atoms with Gasteiger partial charge in [0.1, 0.15) is 18.0 Å². The van der Waals surface area contributed by atoms with Gasteiger partial charge in [-0.15, -0.1) is 0 Å². The van der Waals surface area contributed by atoms with Gasteiger partial charge < -0.3 is 14.6 Å². The van der Waals surface area contributed by atoms with E-state index < -0.39 is 46.3 Å². The molecule has 36 heavy (non-hydrogen) atoms. The Morgan fingerprint density at radius 2 is 1.69 bits per heavy atom. The van der Waals surface area contributed by atoms with E-state index in [9.17, 15) is 24.3 Å². The highest BCUT2D eigenvalue weighted by molar-refractivity contribution is 6.00. The average Bonchev–Trinajstić information content (AvgIpc) is 3.48. The van der Waals surface area contributed by atoms with E-state index in [4.69, 9.17) is 9.47 Å². The summed E-state index contributed by atoms with van der Waals surface area (Å²) in [5.41, 5.74) is -2.96.